The molecule has 7 heteroatoms. The largest absolute Gasteiger partial charge is 0.353 e. The van der Waals surface area contributed by atoms with Crippen LogP contribution in [0.25, 0.3) is 0 Å². The van der Waals surface area contributed by atoms with Crippen LogP contribution in [0.15, 0.2) is 86.8 Å². The maximum atomic E-state index is 13.1. The first-order chi connectivity index (χ1) is 18.9. The highest BCUT2D eigenvalue weighted by Crippen LogP contribution is 2.21. The first-order valence-electron chi connectivity index (χ1n) is 14.2. The Hall–Kier alpha value is -2.99. The smallest absolute Gasteiger partial charge is 0.246 e. The van der Waals surface area contributed by atoms with Crippen LogP contribution in [-0.4, -0.2) is 78.3 Å². The molecule has 0 radical (unpaired) electrons. The van der Waals surface area contributed by atoms with Crippen molar-refractivity contribution in [3.05, 3.63) is 71.9 Å². The van der Waals surface area contributed by atoms with Gasteiger partial charge in [0.15, 0.2) is 0 Å². The molecule has 6 nitrogen and oxygen atoms in total. The molecule has 2 rings (SSSR count). The molecule has 0 spiro atoms. The number of nitrogens with zero attached hydrogens (tertiary/aromatic N) is 5. The van der Waals surface area contributed by atoms with E-state index >= 15 is 0 Å². The third kappa shape index (κ3) is 10.2. The van der Waals surface area contributed by atoms with Crippen LogP contribution < -0.4 is 0 Å². The number of unbranched alkanes of at least 4 members (excludes halogenated alkanes) is 2. The van der Waals surface area contributed by atoms with Gasteiger partial charge in [0, 0.05) is 44.3 Å². The highest BCUT2D eigenvalue weighted by Gasteiger charge is 2.26. The Balaban J connectivity index is 2.17. The summed E-state index contributed by atoms with van der Waals surface area (Å²) in [7, 11) is 1.81. The number of piperazine rings is 1. The maximum absolute atomic E-state index is 13.1. The average Bonchev–Trinajstić information content (AvgIpc) is 2.95. The zero-order valence-corrected chi connectivity index (χ0v) is 25.2. The van der Waals surface area contributed by atoms with E-state index in [0.717, 1.165) is 68.0 Å². The van der Waals surface area contributed by atoms with Gasteiger partial charge in [0.25, 0.3) is 0 Å². The maximum Gasteiger partial charge on any atom is 0.246 e. The molecule has 0 bridgehead atoms. The molecule has 2 heterocycles. The summed E-state index contributed by atoms with van der Waals surface area (Å²) in [6.07, 6.45) is 22.3. The van der Waals surface area contributed by atoms with Crippen molar-refractivity contribution in [2.75, 3.05) is 33.2 Å². The van der Waals surface area contributed by atoms with Gasteiger partial charge in [-0.2, -0.15) is 0 Å². The molecule has 0 aromatic carbocycles. The number of carbonyl (C=O) groups is 1. The van der Waals surface area contributed by atoms with Crippen molar-refractivity contribution in [2.24, 2.45) is 15.0 Å². The van der Waals surface area contributed by atoms with Crippen molar-refractivity contribution in [1.29, 1.82) is 0 Å². The highest BCUT2D eigenvalue weighted by molar-refractivity contribution is 6.48. The van der Waals surface area contributed by atoms with Gasteiger partial charge in [-0.15, -0.1) is 6.58 Å². The van der Waals surface area contributed by atoms with E-state index in [1.807, 2.05) is 62.3 Å². The van der Waals surface area contributed by atoms with Crippen molar-refractivity contribution in [3.63, 3.8) is 0 Å². The van der Waals surface area contributed by atoms with Crippen LogP contribution in [0.5, 0.6) is 0 Å². The molecule has 2 aliphatic rings. The second kappa shape index (κ2) is 17.6. The van der Waals surface area contributed by atoms with Crippen molar-refractivity contribution in [1.82, 2.24) is 9.80 Å². The number of amides is 1. The molecular formula is C32H46ClN5O. The number of hydrogen-bond acceptors (Lipinski definition) is 4. The van der Waals surface area contributed by atoms with Gasteiger partial charge in [-0.1, -0.05) is 68.7 Å². The van der Waals surface area contributed by atoms with E-state index < -0.39 is 0 Å². The van der Waals surface area contributed by atoms with Crippen molar-refractivity contribution in [3.8, 4) is 0 Å². The summed E-state index contributed by atoms with van der Waals surface area (Å²) in [5, 5.41) is 0.661. The van der Waals surface area contributed by atoms with Crippen LogP contribution in [0.3, 0.4) is 0 Å². The molecule has 212 valence electrons. The zero-order chi connectivity index (χ0) is 28.6. The Labute approximate surface area is 241 Å². The van der Waals surface area contributed by atoms with E-state index in [9.17, 15) is 4.79 Å². The molecule has 0 N–H and O–H groups in total. The van der Waals surface area contributed by atoms with Crippen LogP contribution in [0.1, 0.15) is 59.8 Å². The van der Waals surface area contributed by atoms with Gasteiger partial charge >= 0.3 is 0 Å². The minimum Gasteiger partial charge on any atom is -0.353 e. The third-order valence-electron chi connectivity index (χ3n) is 6.74. The van der Waals surface area contributed by atoms with Gasteiger partial charge in [0.05, 0.1) is 23.5 Å². The SMILES string of the molecule is C=CC1N=C(/C(C)=C/C=C(Cl)\C=C/C)C(CCCCC)=NC1/C=C/C(=O)N1CCN(C(/C=C\CC)=N/C)CC1. The first kappa shape index (κ1) is 32.2. The van der Waals surface area contributed by atoms with Gasteiger partial charge in [-0.25, -0.2) is 0 Å². The molecule has 0 aliphatic carbocycles. The molecule has 0 aromatic heterocycles. The lowest BCUT2D eigenvalue weighted by atomic mass is 9.96. The van der Waals surface area contributed by atoms with Gasteiger partial charge in [-0.05, 0) is 56.9 Å². The standard InChI is InChI=1S/C32H46ClN5O/c1-7-11-13-15-29-32(25(5)17-18-26(33)14-9-3)36-27(10-4)28(35-29)19-20-31(39)38-23-21-37(22-24-38)30(34-6)16-12-8-2/h9-10,12,14,16-20,27-28H,4,7-8,11,13,15,21-24H2,1-3,5-6H3/b14-9-,16-12-,20-19+,25-17+,26-18+,34-30+. The van der Waals surface area contributed by atoms with E-state index in [1.165, 1.54) is 0 Å². The van der Waals surface area contributed by atoms with Crippen molar-refractivity contribution < 1.29 is 4.79 Å². The number of carbonyl (C=O) groups excluding carboxylic acids is 1. The zero-order valence-electron chi connectivity index (χ0n) is 24.4. The lowest BCUT2D eigenvalue weighted by molar-refractivity contribution is -0.127. The lowest BCUT2D eigenvalue weighted by Crippen LogP contribution is -2.50. The van der Waals surface area contributed by atoms with Crippen LogP contribution in [-0.2, 0) is 4.79 Å². The van der Waals surface area contributed by atoms with E-state index in [2.05, 4.69) is 42.5 Å². The van der Waals surface area contributed by atoms with Gasteiger partial charge in [0.2, 0.25) is 5.91 Å². The molecule has 0 aromatic rings. The van der Waals surface area contributed by atoms with Crippen molar-refractivity contribution >= 4 is 34.8 Å². The van der Waals surface area contributed by atoms with Crippen LogP contribution in [0.2, 0.25) is 0 Å². The Morgan fingerprint density at radius 1 is 1.05 bits per heavy atom. The summed E-state index contributed by atoms with van der Waals surface area (Å²) >= 11 is 6.25. The second-order valence-electron chi connectivity index (χ2n) is 9.69. The lowest BCUT2D eigenvalue weighted by Gasteiger charge is -2.35. The number of allylic oxidation sites excluding steroid dienone is 7. The highest BCUT2D eigenvalue weighted by atomic mass is 35.5. The summed E-state index contributed by atoms with van der Waals surface area (Å²) in [4.78, 5) is 31.7. The molecule has 2 unspecified atom stereocenters. The molecule has 1 saturated heterocycles. The minimum atomic E-state index is -0.249. The fourth-order valence-electron chi connectivity index (χ4n) is 4.51. The quantitative estimate of drug-likeness (QED) is 0.0674. The number of halogens is 1. The van der Waals surface area contributed by atoms with Crippen LogP contribution in [0.4, 0.5) is 0 Å². The summed E-state index contributed by atoms with van der Waals surface area (Å²) in [5.74, 6) is 0.979. The number of aliphatic imine (C=N–C) groups is 3. The number of amidine groups is 1. The second-order valence-corrected chi connectivity index (χ2v) is 10.1. The molecule has 2 atom stereocenters. The van der Waals surface area contributed by atoms with Crippen LogP contribution in [0, 0.1) is 0 Å². The fourth-order valence-corrected chi connectivity index (χ4v) is 4.70. The van der Waals surface area contributed by atoms with Crippen molar-refractivity contribution in [2.45, 2.75) is 71.9 Å². The van der Waals surface area contributed by atoms with E-state index in [4.69, 9.17) is 21.6 Å². The third-order valence-corrected chi connectivity index (χ3v) is 6.99. The normalized spacial score (nSPS) is 21.7. The topological polar surface area (TPSA) is 60.6 Å². The Kier molecular flexibility index (Phi) is 14.5. The molecule has 39 heavy (non-hydrogen) atoms. The minimum absolute atomic E-state index is 0.00823. The molecule has 1 fully saturated rings. The summed E-state index contributed by atoms with van der Waals surface area (Å²) in [6.45, 7) is 15.2. The van der Waals surface area contributed by atoms with Gasteiger partial charge < -0.3 is 9.80 Å². The Morgan fingerprint density at radius 2 is 1.77 bits per heavy atom. The predicted molar refractivity (Wildman–Crippen MR) is 169 cm³/mol. The number of rotatable bonds is 12. The van der Waals surface area contributed by atoms with E-state index in [1.54, 1.807) is 6.08 Å². The van der Waals surface area contributed by atoms with Gasteiger partial charge in [0.1, 0.15) is 5.84 Å². The molecule has 1 amide bonds. The monoisotopic (exact) mass is 551 g/mol. The average molecular weight is 552 g/mol. The predicted octanol–water partition coefficient (Wildman–Crippen LogP) is 6.73. The molecular weight excluding hydrogens is 506 g/mol. The van der Waals surface area contributed by atoms with Crippen LogP contribution >= 0.6 is 11.6 Å². The first-order valence-corrected chi connectivity index (χ1v) is 14.6. The Morgan fingerprint density at radius 3 is 2.38 bits per heavy atom. The van der Waals surface area contributed by atoms with E-state index in [-0.39, 0.29) is 18.0 Å². The molecule has 0 saturated carbocycles. The number of hydrogen-bond donors (Lipinski definition) is 0. The molecule has 2 aliphatic heterocycles. The van der Waals surface area contributed by atoms with Gasteiger partial charge in [-0.3, -0.25) is 19.8 Å². The summed E-state index contributed by atoms with van der Waals surface area (Å²) < 4.78 is 0. The van der Waals surface area contributed by atoms with E-state index in [0.29, 0.717) is 18.1 Å². The summed E-state index contributed by atoms with van der Waals surface area (Å²) in [6, 6.07) is -0.482. The Bertz CT molecular complexity index is 1070. The summed E-state index contributed by atoms with van der Waals surface area (Å²) in [5.41, 5.74) is 2.89. The fraction of sp³-hybridized carbons (Fsp3) is 0.500.